The minimum absolute atomic E-state index is 0.165. The van der Waals surface area contributed by atoms with Crippen molar-refractivity contribution in [2.24, 2.45) is 11.7 Å². The van der Waals surface area contributed by atoms with Crippen LogP contribution in [0.15, 0.2) is 18.2 Å². The maximum Gasteiger partial charge on any atom is 0.131 e. The first-order valence-corrected chi connectivity index (χ1v) is 5.68. The smallest absolute Gasteiger partial charge is 0.131 e. The molecule has 0 aromatic heterocycles. The topological polar surface area (TPSA) is 44.5 Å². The highest BCUT2D eigenvalue weighted by molar-refractivity contribution is 5.30. The molecule has 1 aromatic rings. The van der Waals surface area contributed by atoms with Crippen LogP contribution in [0, 0.1) is 11.7 Å². The van der Waals surface area contributed by atoms with Gasteiger partial charge in [0.1, 0.15) is 11.6 Å². The van der Waals surface area contributed by atoms with Gasteiger partial charge < -0.3 is 15.2 Å². The van der Waals surface area contributed by atoms with Gasteiger partial charge >= 0.3 is 0 Å². The molecule has 3 nitrogen and oxygen atoms in total. The van der Waals surface area contributed by atoms with Gasteiger partial charge in [0.2, 0.25) is 0 Å². The Morgan fingerprint density at radius 3 is 2.59 bits per heavy atom. The Balaban J connectivity index is 2.77. The minimum Gasteiger partial charge on any atom is -0.497 e. The number of nitrogens with two attached hydrogens (primary N) is 1. The van der Waals surface area contributed by atoms with Crippen molar-refractivity contribution >= 4 is 0 Å². The summed E-state index contributed by atoms with van der Waals surface area (Å²) in [6, 6.07) is 4.44. The number of hydrogen-bond donors (Lipinski definition) is 1. The zero-order valence-electron chi connectivity index (χ0n) is 10.6. The number of rotatable bonds is 6. The van der Waals surface area contributed by atoms with Gasteiger partial charge in [-0.1, -0.05) is 13.0 Å². The Morgan fingerprint density at radius 1 is 1.35 bits per heavy atom. The van der Waals surface area contributed by atoms with Gasteiger partial charge in [0.15, 0.2) is 0 Å². The van der Waals surface area contributed by atoms with Crippen LogP contribution in [-0.4, -0.2) is 20.8 Å². The molecular formula is C13H20FNO2. The van der Waals surface area contributed by atoms with Crippen molar-refractivity contribution in [2.45, 2.75) is 19.4 Å². The molecule has 4 heteroatoms. The Hall–Kier alpha value is -1.13. The summed E-state index contributed by atoms with van der Waals surface area (Å²) in [5.74, 6) is 0.349. The quantitative estimate of drug-likeness (QED) is 0.832. The van der Waals surface area contributed by atoms with Crippen molar-refractivity contribution in [3.63, 3.8) is 0 Å². The highest BCUT2D eigenvalue weighted by Crippen LogP contribution is 2.26. The molecule has 96 valence electrons. The van der Waals surface area contributed by atoms with Crippen LogP contribution in [0.4, 0.5) is 4.39 Å². The molecule has 0 heterocycles. The summed E-state index contributed by atoms with van der Waals surface area (Å²) in [5, 5.41) is 0. The van der Waals surface area contributed by atoms with Crippen LogP contribution < -0.4 is 10.5 Å². The number of hydrogen-bond acceptors (Lipinski definition) is 3. The number of benzene rings is 1. The van der Waals surface area contributed by atoms with E-state index in [1.165, 1.54) is 13.2 Å². The van der Waals surface area contributed by atoms with Crippen molar-refractivity contribution in [2.75, 3.05) is 20.8 Å². The van der Waals surface area contributed by atoms with Crippen LogP contribution in [0.25, 0.3) is 0 Å². The monoisotopic (exact) mass is 241 g/mol. The fraction of sp³-hybridized carbons (Fsp3) is 0.538. The van der Waals surface area contributed by atoms with Gasteiger partial charge in [-0.25, -0.2) is 4.39 Å². The van der Waals surface area contributed by atoms with Crippen molar-refractivity contribution < 1.29 is 13.9 Å². The maximum atomic E-state index is 13.8. The van der Waals surface area contributed by atoms with E-state index in [4.69, 9.17) is 15.2 Å². The summed E-state index contributed by atoms with van der Waals surface area (Å²) in [6.45, 7) is 2.62. The lowest BCUT2D eigenvalue weighted by Crippen LogP contribution is -2.21. The summed E-state index contributed by atoms with van der Waals surface area (Å²) < 4.78 is 23.7. The Morgan fingerprint density at radius 2 is 2.06 bits per heavy atom. The van der Waals surface area contributed by atoms with E-state index in [1.807, 2.05) is 6.92 Å². The van der Waals surface area contributed by atoms with Crippen LogP contribution in [0.1, 0.15) is 24.9 Å². The predicted octanol–water partition coefficient (Wildman–Crippen LogP) is 2.51. The van der Waals surface area contributed by atoms with Gasteiger partial charge in [0.25, 0.3) is 0 Å². The summed E-state index contributed by atoms with van der Waals surface area (Å²) in [4.78, 5) is 0. The van der Waals surface area contributed by atoms with E-state index in [-0.39, 0.29) is 17.8 Å². The van der Waals surface area contributed by atoms with Crippen molar-refractivity contribution in [1.29, 1.82) is 0 Å². The average Bonchev–Trinajstić information content (AvgIpc) is 2.34. The highest BCUT2D eigenvalue weighted by atomic mass is 19.1. The molecular weight excluding hydrogens is 221 g/mol. The lowest BCUT2D eigenvalue weighted by atomic mass is 9.92. The molecule has 0 saturated carbocycles. The van der Waals surface area contributed by atoms with Crippen LogP contribution in [0.2, 0.25) is 0 Å². The van der Waals surface area contributed by atoms with Crippen molar-refractivity contribution in [3.8, 4) is 5.75 Å². The van der Waals surface area contributed by atoms with Crippen molar-refractivity contribution in [3.05, 3.63) is 29.6 Å². The third-order valence-electron chi connectivity index (χ3n) is 2.96. The van der Waals surface area contributed by atoms with E-state index in [2.05, 4.69) is 0 Å². The summed E-state index contributed by atoms with van der Waals surface area (Å²) >= 11 is 0. The fourth-order valence-corrected chi connectivity index (χ4v) is 1.69. The molecule has 0 saturated heterocycles. The second kappa shape index (κ2) is 6.57. The Kier molecular flexibility index (Phi) is 5.38. The number of halogens is 1. The molecule has 0 aliphatic rings. The van der Waals surface area contributed by atoms with Gasteiger partial charge in [-0.3, -0.25) is 0 Å². The molecule has 0 aliphatic carbocycles. The zero-order chi connectivity index (χ0) is 12.8. The van der Waals surface area contributed by atoms with Gasteiger partial charge in [0, 0.05) is 31.4 Å². The molecule has 0 bridgehead atoms. The molecule has 17 heavy (non-hydrogen) atoms. The highest BCUT2D eigenvalue weighted by Gasteiger charge is 2.18. The first kappa shape index (κ1) is 13.9. The third kappa shape index (κ3) is 3.68. The molecule has 2 N–H and O–H groups in total. The molecule has 0 spiro atoms. The molecule has 0 aliphatic heterocycles. The van der Waals surface area contributed by atoms with Crippen LogP contribution in [-0.2, 0) is 4.74 Å². The molecule has 1 rings (SSSR count). The van der Waals surface area contributed by atoms with Gasteiger partial charge in [-0.15, -0.1) is 0 Å². The van der Waals surface area contributed by atoms with E-state index in [1.54, 1.807) is 19.2 Å². The van der Waals surface area contributed by atoms with Gasteiger partial charge in [-0.05, 0) is 18.4 Å². The SMILES string of the molecule is COCCC(C)C(N)c1ccc(OC)cc1F. The minimum atomic E-state index is -0.323. The van der Waals surface area contributed by atoms with Crippen LogP contribution in [0.5, 0.6) is 5.75 Å². The van der Waals surface area contributed by atoms with Crippen molar-refractivity contribution in [1.82, 2.24) is 0 Å². The molecule has 0 amide bonds. The van der Waals surface area contributed by atoms with E-state index in [0.29, 0.717) is 17.9 Å². The van der Waals surface area contributed by atoms with Crippen LogP contribution >= 0.6 is 0 Å². The normalized spacial score (nSPS) is 14.4. The first-order chi connectivity index (χ1) is 8.10. The summed E-state index contributed by atoms with van der Waals surface area (Å²) in [7, 11) is 3.15. The van der Waals surface area contributed by atoms with E-state index >= 15 is 0 Å². The first-order valence-electron chi connectivity index (χ1n) is 5.68. The lowest BCUT2D eigenvalue weighted by Gasteiger charge is -2.20. The van der Waals surface area contributed by atoms with E-state index < -0.39 is 0 Å². The average molecular weight is 241 g/mol. The standard InChI is InChI=1S/C13H20FNO2/c1-9(6-7-16-2)13(15)11-5-4-10(17-3)8-12(11)14/h4-5,8-9,13H,6-7,15H2,1-3H3. The number of ether oxygens (including phenoxy) is 2. The summed E-state index contributed by atoms with van der Waals surface area (Å²) in [6.07, 6.45) is 0.809. The molecule has 1 aromatic carbocycles. The fourth-order valence-electron chi connectivity index (χ4n) is 1.69. The van der Waals surface area contributed by atoms with E-state index in [0.717, 1.165) is 6.42 Å². The van der Waals surface area contributed by atoms with E-state index in [9.17, 15) is 4.39 Å². The third-order valence-corrected chi connectivity index (χ3v) is 2.96. The largest absolute Gasteiger partial charge is 0.497 e. The summed E-state index contributed by atoms with van der Waals surface area (Å²) in [5.41, 5.74) is 6.56. The molecule has 0 radical (unpaired) electrons. The second-order valence-electron chi connectivity index (χ2n) is 4.17. The lowest BCUT2D eigenvalue weighted by molar-refractivity contribution is 0.174. The zero-order valence-corrected chi connectivity index (χ0v) is 10.6. The Labute approximate surface area is 102 Å². The van der Waals surface area contributed by atoms with Gasteiger partial charge in [0.05, 0.1) is 7.11 Å². The van der Waals surface area contributed by atoms with Gasteiger partial charge in [-0.2, -0.15) is 0 Å². The second-order valence-corrected chi connectivity index (χ2v) is 4.17. The van der Waals surface area contributed by atoms with Crippen LogP contribution in [0.3, 0.4) is 0 Å². The predicted molar refractivity (Wildman–Crippen MR) is 65.5 cm³/mol. The molecule has 0 fully saturated rings. The molecule has 2 unspecified atom stereocenters. The molecule has 2 atom stereocenters. The number of methoxy groups -OCH3 is 2. The Bertz CT molecular complexity index is 357. The maximum absolute atomic E-state index is 13.8.